The van der Waals surface area contributed by atoms with Crippen molar-refractivity contribution in [3.05, 3.63) is 0 Å². The molecule has 0 bridgehead atoms. The molecule has 5 saturated carbocycles. The van der Waals surface area contributed by atoms with Crippen LogP contribution in [-0.4, -0.2) is 40.9 Å². The lowest BCUT2D eigenvalue weighted by Gasteiger charge is -2.61. The van der Waals surface area contributed by atoms with Crippen LogP contribution in [0.2, 0.25) is 0 Å². The molecule has 6 fully saturated rings. The van der Waals surface area contributed by atoms with Crippen molar-refractivity contribution in [2.24, 2.45) is 45.8 Å². The predicted molar refractivity (Wildman–Crippen MR) is 133 cm³/mol. The average molecular weight is 475 g/mol. The number of hydrogen-bond acceptors (Lipinski definition) is 4. The van der Waals surface area contributed by atoms with Gasteiger partial charge in [-0.1, -0.05) is 53.4 Å². The van der Waals surface area contributed by atoms with Gasteiger partial charge in [0.25, 0.3) is 0 Å². The minimum atomic E-state index is -1.18. The molecular formula is C30H50O4. The number of aliphatic hydroxyl groups is 2. The standard InChI is InChI=1S/C30H50O4/c1-6-7-8-9-10-13-29(31)19(2)30(32)25(34-29)17-23-21-16-24(33-5)28-18-20(28)11-14-26(28,3)22(21)12-15-27(23,30)4/h19-25,31-32H,6-18H2,1-5H3/t19-,20-,21-,22+,23+,24-,25+,26-,27+,28+,29-,30-/m1/s1. The minimum absolute atomic E-state index is 0.189. The second kappa shape index (κ2) is 7.68. The molecule has 1 heterocycles. The van der Waals surface area contributed by atoms with Crippen LogP contribution < -0.4 is 0 Å². The van der Waals surface area contributed by atoms with E-state index in [1.54, 1.807) is 0 Å². The van der Waals surface area contributed by atoms with E-state index >= 15 is 0 Å². The Labute approximate surface area is 207 Å². The topological polar surface area (TPSA) is 58.9 Å². The van der Waals surface area contributed by atoms with E-state index in [0.29, 0.717) is 35.2 Å². The van der Waals surface area contributed by atoms with Crippen LogP contribution in [0, 0.1) is 45.8 Å². The van der Waals surface area contributed by atoms with E-state index in [9.17, 15) is 10.2 Å². The fourth-order valence-corrected chi connectivity index (χ4v) is 11.5. The Morgan fingerprint density at radius 3 is 2.38 bits per heavy atom. The van der Waals surface area contributed by atoms with E-state index in [-0.39, 0.29) is 17.4 Å². The van der Waals surface area contributed by atoms with E-state index < -0.39 is 11.4 Å². The third kappa shape index (κ3) is 2.70. The van der Waals surface area contributed by atoms with Crippen LogP contribution >= 0.6 is 0 Å². The zero-order valence-corrected chi connectivity index (χ0v) is 22.4. The van der Waals surface area contributed by atoms with Gasteiger partial charge in [-0.3, -0.25) is 0 Å². The lowest BCUT2D eigenvalue weighted by molar-refractivity contribution is -0.227. The summed E-state index contributed by atoms with van der Waals surface area (Å²) in [7, 11) is 1.94. The molecular weight excluding hydrogens is 424 g/mol. The van der Waals surface area contributed by atoms with Crippen LogP contribution in [0.15, 0.2) is 0 Å². The molecule has 34 heavy (non-hydrogen) atoms. The molecule has 1 aliphatic heterocycles. The zero-order valence-electron chi connectivity index (χ0n) is 22.4. The van der Waals surface area contributed by atoms with E-state index in [4.69, 9.17) is 9.47 Å². The van der Waals surface area contributed by atoms with Crippen LogP contribution in [0.4, 0.5) is 0 Å². The monoisotopic (exact) mass is 474 g/mol. The quantitative estimate of drug-likeness (QED) is 0.439. The first-order valence-electron chi connectivity index (χ1n) is 14.8. The van der Waals surface area contributed by atoms with Crippen molar-refractivity contribution < 1.29 is 19.7 Å². The number of unbranched alkanes of at least 4 members (excludes halogenated alkanes) is 4. The molecule has 1 saturated heterocycles. The van der Waals surface area contributed by atoms with Gasteiger partial charge in [0.05, 0.1) is 12.2 Å². The zero-order chi connectivity index (χ0) is 24.1. The number of fused-ring (bicyclic) bond motifs is 6. The van der Waals surface area contributed by atoms with Crippen LogP contribution in [0.3, 0.4) is 0 Å². The third-order valence-corrected chi connectivity index (χ3v) is 13.4. The van der Waals surface area contributed by atoms with Gasteiger partial charge in [-0.2, -0.15) is 0 Å². The number of ether oxygens (including phenoxy) is 2. The van der Waals surface area contributed by atoms with Gasteiger partial charge in [0.15, 0.2) is 5.79 Å². The second-order valence-corrected chi connectivity index (χ2v) is 14.1. The summed E-state index contributed by atoms with van der Waals surface area (Å²) in [6.45, 7) is 9.26. The van der Waals surface area contributed by atoms with Gasteiger partial charge >= 0.3 is 0 Å². The molecule has 6 rings (SSSR count). The van der Waals surface area contributed by atoms with Crippen LogP contribution in [0.25, 0.3) is 0 Å². The normalized spacial score (nSPS) is 59.2. The summed E-state index contributed by atoms with van der Waals surface area (Å²) in [5, 5.41) is 24.0. The molecule has 2 N–H and O–H groups in total. The molecule has 5 aliphatic carbocycles. The first-order valence-corrected chi connectivity index (χ1v) is 14.8. The van der Waals surface area contributed by atoms with Crippen LogP contribution in [-0.2, 0) is 9.47 Å². The van der Waals surface area contributed by atoms with Gasteiger partial charge in [0.2, 0.25) is 0 Å². The Morgan fingerprint density at radius 1 is 0.941 bits per heavy atom. The predicted octanol–water partition coefficient (Wildman–Crippen LogP) is 6.08. The molecule has 0 aromatic rings. The van der Waals surface area contributed by atoms with Crippen molar-refractivity contribution in [2.75, 3.05) is 7.11 Å². The summed E-state index contributed by atoms with van der Waals surface area (Å²) in [5.41, 5.74) is -0.290. The summed E-state index contributed by atoms with van der Waals surface area (Å²) in [6, 6.07) is 0. The number of methoxy groups -OCH3 is 1. The van der Waals surface area contributed by atoms with Gasteiger partial charge in [0, 0.05) is 30.3 Å². The number of rotatable bonds is 7. The Balaban J connectivity index is 1.25. The van der Waals surface area contributed by atoms with Crippen molar-refractivity contribution in [2.45, 2.75) is 135 Å². The largest absolute Gasteiger partial charge is 0.386 e. The summed E-state index contributed by atoms with van der Waals surface area (Å²) in [6.07, 6.45) is 15.1. The van der Waals surface area contributed by atoms with Gasteiger partial charge in [-0.05, 0) is 80.5 Å². The second-order valence-electron chi connectivity index (χ2n) is 14.1. The number of hydrogen-bond donors (Lipinski definition) is 2. The summed E-state index contributed by atoms with van der Waals surface area (Å²) in [5.74, 6) is 1.28. The van der Waals surface area contributed by atoms with E-state index in [1.807, 2.05) is 7.11 Å². The van der Waals surface area contributed by atoms with Crippen molar-refractivity contribution in [1.29, 1.82) is 0 Å². The van der Waals surface area contributed by atoms with Crippen LogP contribution in [0.1, 0.15) is 111 Å². The summed E-state index contributed by atoms with van der Waals surface area (Å²) in [4.78, 5) is 0. The lowest BCUT2D eigenvalue weighted by Crippen LogP contribution is -2.61. The Bertz CT molecular complexity index is 816. The van der Waals surface area contributed by atoms with Gasteiger partial charge < -0.3 is 19.7 Å². The molecule has 6 aliphatic rings. The van der Waals surface area contributed by atoms with Crippen molar-refractivity contribution >= 4 is 0 Å². The fourth-order valence-electron chi connectivity index (χ4n) is 11.5. The van der Waals surface area contributed by atoms with Gasteiger partial charge in [-0.15, -0.1) is 0 Å². The van der Waals surface area contributed by atoms with Crippen LogP contribution in [0.5, 0.6) is 0 Å². The maximum Gasteiger partial charge on any atom is 0.171 e. The molecule has 4 heteroatoms. The SMILES string of the molecule is CCCCCCC[C@@]1(O)O[C@H]2C[C@H]3[C@@H]4C[C@@H](OC)[C@]56C[C@H]5CC[C@]6(C)[C@H]4CC[C@]3(C)[C@@]2(O)[C@@H]1C. The lowest BCUT2D eigenvalue weighted by atomic mass is 9.44. The first kappa shape index (κ1) is 24.2. The smallest absolute Gasteiger partial charge is 0.171 e. The minimum Gasteiger partial charge on any atom is -0.386 e. The highest BCUT2D eigenvalue weighted by Crippen LogP contribution is 2.82. The van der Waals surface area contributed by atoms with Crippen molar-refractivity contribution in [3.8, 4) is 0 Å². The van der Waals surface area contributed by atoms with Gasteiger partial charge in [0.1, 0.15) is 5.60 Å². The highest BCUT2D eigenvalue weighted by molar-refractivity contribution is 5.28. The van der Waals surface area contributed by atoms with Gasteiger partial charge in [-0.25, -0.2) is 0 Å². The average Bonchev–Trinajstić information content (AvgIpc) is 3.34. The molecule has 1 spiro atoms. The first-order chi connectivity index (χ1) is 16.1. The van der Waals surface area contributed by atoms with E-state index in [2.05, 4.69) is 27.7 Å². The highest BCUT2D eigenvalue weighted by Gasteiger charge is 2.80. The Morgan fingerprint density at radius 2 is 1.68 bits per heavy atom. The Kier molecular flexibility index (Phi) is 5.46. The Hall–Kier alpha value is -0.160. The fraction of sp³-hybridized carbons (Fsp3) is 1.00. The maximum atomic E-state index is 12.4. The maximum absolute atomic E-state index is 12.4. The van der Waals surface area contributed by atoms with E-state index in [0.717, 1.165) is 43.9 Å². The summed E-state index contributed by atoms with van der Waals surface area (Å²) >= 11 is 0. The molecule has 194 valence electrons. The molecule has 0 amide bonds. The van der Waals surface area contributed by atoms with E-state index in [1.165, 1.54) is 44.9 Å². The van der Waals surface area contributed by atoms with Crippen molar-refractivity contribution in [3.63, 3.8) is 0 Å². The summed E-state index contributed by atoms with van der Waals surface area (Å²) < 4.78 is 12.8. The molecule has 4 nitrogen and oxygen atoms in total. The molecule has 0 aromatic carbocycles. The molecule has 0 aromatic heterocycles. The molecule has 0 unspecified atom stereocenters. The highest BCUT2D eigenvalue weighted by atomic mass is 16.7. The molecule has 0 radical (unpaired) electrons. The molecule has 12 atom stereocenters. The third-order valence-electron chi connectivity index (χ3n) is 13.4. The van der Waals surface area contributed by atoms with Crippen molar-refractivity contribution in [1.82, 2.24) is 0 Å².